The van der Waals surface area contributed by atoms with Gasteiger partial charge in [-0.15, -0.1) is 0 Å². The molecule has 0 atom stereocenters. The monoisotopic (exact) mass is 262 g/mol. The molecule has 0 unspecified atom stereocenters. The van der Waals surface area contributed by atoms with Gasteiger partial charge in [-0.25, -0.2) is 0 Å². The number of benzene rings is 1. The zero-order chi connectivity index (χ0) is 13.8. The molecule has 0 fully saturated rings. The van der Waals surface area contributed by atoms with Gasteiger partial charge in [0.2, 0.25) is 0 Å². The molecule has 18 heavy (non-hydrogen) atoms. The van der Waals surface area contributed by atoms with E-state index in [-0.39, 0.29) is 24.3 Å². The van der Waals surface area contributed by atoms with Crippen LogP contribution in [0.4, 0.5) is 24.5 Å². The normalized spacial score (nSPS) is 11.3. The first kappa shape index (κ1) is 14.1. The summed E-state index contributed by atoms with van der Waals surface area (Å²) in [5, 5.41) is 8.54. The third-order valence-electron chi connectivity index (χ3n) is 2.24. The number of halogens is 3. The second-order valence-corrected chi connectivity index (χ2v) is 3.74. The molecule has 0 aliphatic carbocycles. The molecule has 0 amide bonds. The van der Waals surface area contributed by atoms with Crippen molar-refractivity contribution in [1.82, 2.24) is 0 Å². The van der Waals surface area contributed by atoms with Crippen LogP contribution in [0, 0.1) is 0 Å². The van der Waals surface area contributed by atoms with Crippen LogP contribution in [0.2, 0.25) is 0 Å². The number of carboxylic acids is 1. The summed E-state index contributed by atoms with van der Waals surface area (Å²) in [5.41, 5.74) is 5.97. The maximum absolute atomic E-state index is 12.4. The number of hydrogen-bond donors (Lipinski definition) is 2. The number of alkyl halides is 3. The first-order valence-electron chi connectivity index (χ1n) is 5.17. The van der Waals surface area contributed by atoms with E-state index in [9.17, 15) is 18.0 Å². The lowest BCUT2D eigenvalue weighted by Crippen LogP contribution is -2.36. The van der Waals surface area contributed by atoms with Crippen LogP contribution in [-0.2, 0) is 4.79 Å². The van der Waals surface area contributed by atoms with Crippen LogP contribution < -0.4 is 10.6 Å². The average molecular weight is 262 g/mol. The van der Waals surface area contributed by atoms with E-state index in [1.807, 2.05) is 0 Å². The SMILES string of the molecule is Nc1ccccc1N(CCC(=O)O)CC(F)(F)F. The summed E-state index contributed by atoms with van der Waals surface area (Å²) in [6, 6.07) is 6.06. The number of nitrogens with zero attached hydrogens (tertiary/aromatic N) is 1. The van der Waals surface area contributed by atoms with Crippen LogP contribution in [-0.4, -0.2) is 30.3 Å². The number of rotatable bonds is 5. The highest BCUT2D eigenvalue weighted by molar-refractivity contribution is 5.70. The molecule has 0 aliphatic rings. The van der Waals surface area contributed by atoms with Gasteiger partial charge in [-0.2, -0.15) is 13.2 Å². The second kappa shape index (κ2) is 5.61. The number of nitrogens with two attached hydrogens (primary N) is 1. The highest BCUT2D eigenvalue weighted by atomic mass is 19.4. The smallest absolute Gasteiger partial charge is 0.405 e. The Morgan fingerprint density at radius 3 is 2.44 bits per heavy atom. The molecule has 0 radical (unpaired) electrons. The third-order valence-corrected chi connectivity index (χ3v) is 2.24. The highest BCUT2D eigenvalue weighted by Gasteiger charge is 2.31. The van der Waals surface area contributed by atoms with Crippen LogP contribution in [0.1, 0.15) is 6.42 Å². The predicted octanol–water partition coefficient (Wildman–Crippen LogP) is 2.11. The minimum atomic E-state index is -4.42. The number of anilines is 2. The van der Waals surface area contributed by atoms with Crippen molar-refractivity contribution < 1.29 is 23.1 Å². The second-order valence-electron chi connectivity index (χ2n) is 3.74. The Bertz CT molecular complexity index is 421. The number of carbonyl (C=O) groups is 1. The van der Waals surface area contributed by atoms with Crippen molar-refractivity contribution in [1.29, 1.82) is 0 Å². The zero-order valence-electron chi connectivity index (χ0n) is 9.44. The summed E-state index contributed by atoms with van der Waals surface area (Å²) < 4.78 is 37.3. The van der Waals surface area contributed by atoms with E-state index in [4.69, 9.17) is 10.8 Å². The molecule has 1 rings (SSSR count). The van der Waals surface area contributed by atoms with Gasteiger partial charge in [-0.3, -0.25) is 4.79 Å². The van der Waals surface area contributed by atoms with Crippen LogP contribution in [0.15, 0.2) is 24.3 Å². The first-order chi connectivity index (χ1) is 8.29. The zero-order valence-corrected chi connectivity index (χ0v) is 9.44. The van der Waals surface area contributed by atoms with Crippen LogP contribution in [0.3, 0.4) is 0 Å². The molecule has 1 aromatic carbocycles. The number of carboxylic acid groups (broad SMARTS) is 1. The summed E-state index contributed by atoms with van der Waals surface area (Å²) in [6.07, 6.45) is -4.80. The Hall–Kier alpha value is -1.92. The van der Waals surface area contributed by atoms with E-state index in [2.05, 4.69) is 0 Å². The topological polar surface area (TPSA) is 66.6 Å². The molecule has 0 saturated heterocycles. The fourth-order valence-corrected chi connectivity index (χ4v) is 1.51. The fourth-order valence-electron chi connectivity index (χ4n) is 1.51. The molecule has 4 nitrogen and oxygen atoms in total. The first-order valence-corrected chi connectivity index (χ1v) is 5.17. The van der Waals surface area contributed by atoms with Crippen molar-refractivity contribution in [2.75, 3.05) is 23.7 Å². The van der Waals surface area contributed by atoms with E-state index >= 15 is 0 Å². The quantitative estimate of drug-likeness (QED) is 0.797. The fraction of sp³-hybridized carbons (Fsp3) is 0.364. The van der Waals surface area contributed by atoms with Gasteiger partial charge in [0.25, 0.3) is 0 Å². The Balaban J connectivity index is 2.89. The lowest BCUT2D eigenvalue weighted by atomic mass is 10.2. The molecular weight excluding hydrogens is 249 g/mol. The maximum Gasteiger partial charge on any atom is 0.405 e. The number of aliphatic carboxylic acids is 1. The van der Waals surface area contributed by atoms with Crippen molar-refractivity contribution in [3.8, 4) is 0 Å². The molecule has 7 heteroatoms. The Morgan fingerprint density at radius 2 is 1.94 bits per heavy atom. The Morgan fingerprint density at radius 1 is 1.33 bits per heavy atom. The van der Waals surface area contributed by atoms with E-state index in [1.54, 1.807) is 12.1 Å². The summed E-state index contributed by atoms with van der Waals surface area (Å²) in [7, 11) is 0. The minimum absolute atomic E-state index is 0.187. The summed E-state index contributed by atoms with van der Waals surface area (Å²) >= 11 is 0. The van der Waals surface area contributed by atoms with Gasteiger partial charge in [-0.05, 0) is 12.1 Å². The van der Waals surface area contributed by atoms with Gasteiger partial charge in [-0.1, -0.05) is 12.1 Å². The van der Waals surface area contributed by atoms with Gasteiger partial charge in [0, 0.05) is 6.54 Å². The summed E-state index contributed by atoms with van der Waals surface area (Å²) in [4.78, 5) is 11.4. The van der Waals surface area contributed by atoms with Crippen molar-refractivity contribution in [3.63, 3.8) is 0 Å². The van der Waals surface area contributed by atoms with E-state index in [0.717, 1.165) is 4.90 Å². The van der Waals surface area contributed by atoms with Crippen molar-refractivity contribution in [3.05, 3.63) is 24.3 Å². The van der Waals surface area contributed by atoms with E-state index in [0.29, 0.717) is 0 Å². The Labute approximate surface area is 102 Å². The molecule has 1 aromatic rings. The lowest BCUT2D eigenvalue weighted by Gasteiger charge is -2.26. The molecule has 0 bridgehead atoms. The molecular formula is C11H13F3N2O2. The minimum Gasteiger partial charge on any atom is -0.481 e. The van der Waals surface area contributed by atoms with E-state index in [1.165, 1.54) is 12.1 Å². The highest BCUT2D eigenvalue weighted by Crippen LogP contribution is 2.26. The number of hydrogen-bond acceptors (Lipinski definition) is 3. The predicted molar refractivity (Wildman–Crippen MR) is 61.4 cm³/mol. The summed E-state index contributed by atoms with van der Waals surface area (Å²) in [5.74, 6) is -1.16. The number of nitrogen functional groups attached to an aromatic ring is 1. The standard InChI is InChI=1S/C11H13F3N2O2/c12-11(13,14)7-16(6-5-10(17)18)9-4-2-1-3-8(9)15/h1-4H,5-7,15H2,(H,17,18). The van der Waals surface area contributed by atoms with Crippen molar-refractivity contribution >= 4 is 17.3 Å². The molecule has 0 heterocycles. The molecule has 0 saturated carbocycles. The average Bonchev–Trinajstić information content (AvgIpc) is 2.23. The lowest BCUT2D eigenvalue weighted by molar-refractivity contribution is -0.137. The van der Waals surface area contributed by atoms with Crippen LogP contribution in [0.25, 0.3) is 0 Å². The van der Waals surface area contributed by atoms with Gasteiger partial charge < -0.3 is 15.7 Å². The molecule has 0 aromatic heterocycles. The molecule has 100 valence electrons. The van der Waals surface area contributed by atoms with Gasteiger partial charge in [0.15, 0.2) is 0 Å². The van der Waals surface area contributed by atoms with Crippen molar-refractivity contribution in [2.45, 2.75) is 12.6 Å². The van der Waals surface area contributed by atoms with Crippen LogP contribution in [0.5, 0.6) is 0 Å². The molecule has 0 spiro atoms. The Kier molecular flexibility index (Phi) is 4.41. The van der Waals surface area contributed by atoms with E-state index < -0.39 is 18.7 Å². The molecule has 0 aliphatic heterocycles. The third kappa shape index (κ3) is 4.52. The molecule has 3 N–H and O–H groups in total. The number of para-hydroxylation sites is 2. The van der Waals surface area contributed by atoms with Crippen molar-refractivity contribution in [2.24, 2.45) is 0 Å². The van der Waals surface area contributed by atoms with Crippen LogP contribution >= 0.6 is 0 Å². The summed E-state index contributed by atoms with van der Waals surface area (Å²) in [6.45, 7) is -1.47. The largest absolute Gasteiger partial charge is 0.481 e. The van der Waals surface area contributed by atoms with Gasteiger partial charge in [0.05, 0.1) is 17.8 Å². The van der Waals surface area contributed by atoms with Gasteiger partial charge >= 0.3 is 12.1 Å². The van der Waals surface area contributed by atoms with Gasteiger partial charge in [0.1, 0.15) is 6.54 Å². The maximum atomic E-state index is 12.4.